The molecule has 4 heteroatoms. The lowest BCUT2D eigenvalue weighted by Gasteiger charge is -2.16. The van der Waals surface area contributed by atoms with Crippen molar-refractivity contribution in [2.45, 2.75) is 0 Å². The number of rotatable bonds is 8. The third kappa shape index (κ3) is 7.23. The van der Waals surface area contributed by atoms with Crippen molar-refractivity contribution in [1.82, 2.24) is 15.0 Å². The first-order chi connectivity index (χ1) is 34.2. The van der Waals surface area contributed by atoms with E-state index >= 15 is 0 Å². The van der Waals surface area contributed by atoms with Crippen LogP contribution >= 0.6 is 0 Å². The average molecular weight is 880 g/mol. The van der Waals surface area contributed by atoms with Gasteiger partial charge in [0, 0.05) is 27.5 Å². The normalized spacial score (nSPS) is 11.5. The molecule has 2 aromatic heterocycles. The summed E-state index contributed by atoms with van der Waals surface area (Å²) < 4.78 is 6.31. The number of hydrogen-bond acceptors (Lipinski definition) is 4. The van der Waals surface area contributed by atoms with Crippen molar-refractivity contribution in [2.24, 2.45) is 0 Å². The van der Waals surface area contributed by atoms with Crippen LogP contribution in [0.15, 0.2) is 253 Å². The molecule has 13 rings (SSSR count). The highest BCUT2D eigenvalue weighted by Gasteiger charge is 2.18. The van der Waals surface area contributed by atoms with Gasteiger partial charge in [-0.2, -0.15) is 0 Å². The molecule has 0 unspecified atom stereocenters. The molecule has 0 N–H and O–H groups in total. The summed E-state index contributed by atoms with van der Waals surface area (Å²) in [6.07, 6.45) is 0. The van der Waals surface area contributed by atoms with Gasteiger partial charge >= 0.3 is 0 Å². The fraction of sp³-hybridized carbons (Fsp3) is 0. The number of aromatic nitrogens is 3. The molecular formula is C65H41N3O. The first-order valence-electron chi connectivity index (χ1n) is 23.3. The Labute approximate surface area is 399 Å². The molecule has 0 amide bonds. The van der Waals surface area contributed by atoms with Gasteiger partial charge in [-0.25, -0.2) is 15.0 Å². The fourth-order valence-electron chi connectivity index (χ4n) is 10.0. The molecule has 0 radical (unpaired) electrons. The lowest BCUT2D eigenvalue weighted by Crippen LogP contribution is -2.01. The van der Waals surface area contributed by atoms with Crippen LogP contribution in [0.3, 0.4) is 0 Å². The molecule has 4 nitrogen and oxygen atoms in total. The van der Waals surface area contributed by atoms with E-state index in [-0.39, 0.29) is 0 Å². The number of nitrogens with zero attached hydrogens (tertiary/aromatic N) is 3. The third-order valence-electron chi connectivity index (χ3n) is 13.4. The molecule has 0 bridgehead atoms. The number of fused-ring (bicyclic) bond motifs is 5. The van der Waals surface area contributed by atoms with Gasteiger partial charge in [0.2, 0.25) is 0 Å². The van der Waals surface area contributed by atoms with Crippen molar-refractivity contribution in [2.75, 3.05) is 0 Å². The quantitative estimate of drug-likeness (QED) is 0.153. The largest absolute Gasteiger partial charge is 0.456 e. The van der Waals surface area contributed by atoms with Crippen molar-refractivity contribution in [3.8, 4) is 89.8 Å². The summed E-state index contributed by atoms with van der Waals surface area (Å²) in [5.74, 6) is 1.86. The summed E-state index contributed by atoms with van der Waals surface area (Å²) >= 11 is 0. The molecule has 69 heavy (non-hydrogen) atoms. The van der Waals surface area contributed by atoms with Crippen molar-refractivity contribution in [3.63, 3.8) is 0 Å². The van der Waals surface area contributed by atoms with Crippen molar-refractivity contribution in [3.05, 3.63) is 249 Å². The van der Waals surface area contributed by atoms with Gasteiger partial charge in [-0.1, -0.05) is 231 Å². The Morgan fingerprint density at radius 1 is 0.203 bits per heavy atom. The first-order valence-corrected chi connectivity index (χ1v) is 23.3. The first kappa shape index (κ1) is 40.1. The molecule has 2 heterocycles. The highest BCUT2D eigenvalue weighted by Crippen LogP contribution is 2.42. The highest BCUT2D eigenvalue weighted by molar-refractivity contribution is 6.13. The lowest BCUT2D eigenvalue weighted by atomic mass is 9.88. The Balaban J connectivity index is 0.879. The number of benzene rings is 11. The maximum absolute atomic E-state index is 6.31. The van der Waals surface area contributed by atoms with Crippen LogP contribution in [-0.2, 0) is 0 Å². The molecule has 322 valence electrons. The standard InChI is InChI=1S/C65H41N3O/c1-3-15-42(16-4-1)43-27-31-46(32-28-43)63-66-64(68-65(67-63)60-25-12-7-19-49(60)44-17-5-2-6-18-44)47-33-29-45(30-34-47)50-37-39-56(54-22-10-8-20-52(50)54)57-40-38-51(53-21-9-11-23-55(53)57)48-35-36-59-58-24-13-14-26-61(58)69-62(59)41-48/h1-41H. The zero-order valence-electron chi connectivity index (χ0n) is 37.4. The van der Waals surface area contributed by atoms with Crippen LogP contribution in [0.1, 0.15) is 0 Å². The van der Waals surface area contributed by atoms with Gasteiger partial charge in [0.05, 0.1) is 0 Å². The second kappa shape index (κ2) is 16.9. The molecule has 0 aliphatic heterocycles. The second-order valence-corrected chi connectivity index (χ2v) is 17.5. The fourth-order valence-corrected chi connectivity index (χ4v) is 10.0. The van der Waals surface area contributed by atoms with Crippen LogP contribution in [0.2, 0.25) is 0 Å². The van der Waals surface area contributed by atoms with E-state index in [4.69, 9.17) is 19.4 Å². The van der Waals surface area contributed by atoms with Gasteiger partial charge in [0.1, 0.15) is 11.2 Å². The predicted molar refractivity (Wildman–Crippen MR) is 286 cm³/mol. The van der Waals surface area contributed by atoms with E-state index in [9.17, 15) is 0 Å². The molecule has 11 aromatic carbocycles. The van der Waals surface area contributed by atoms with E-state index in [0.717, 1.165) is 77.6 Å². The van der Waals surface area contributed by atoms with E-state index in [2.05, 4.69) is 218 Å². The van der Waals surface area contributed by atoms with Gasteiger partial charge in [0.25, 0.3) is 0 Å². The Bertz CT molecular complexity index is 4050. The Morgan fingerprint density at radius 3 is 1.19 bits per heavy atom. The molecule has 0 saturated heterocycles. The van der Waals surface area contributed by atoms with Gasteiger partial charge in [-0.15, -0.1) is 0 Å². The predicted octanol–water partition coefficient (Wildman–Crippen LogP) is 17.4. The molecule has 0 atom stereocenters. The zero-order chi connectivity index (χ0) is 45.7. The third-order valence-corrected chi connectivity index (χ3v) is 13.4. The average Bonchev–Trinajstić information content (AvgIpc) is 3.81. The van der Waals surface area contributed by atoms with Gasteiger partial charge in [-0.3, -0.25) is 0 Å². The van der Waals surface area contributed by atoms with E-state index < -0.39 is 0 Å². The van der Waals surface area contributed by atoms with Crippen molar-refractivity contribution in [1.29, 1.82) is 0 Å². The van der Waals surface area contributed by atoms with Gasteiger partial charge in [-0.05, 0) is 95.4 Å². The van der Waals surface area contributed by atoms with Crippen LogP contribution in [0.5, 0.6) is 0 Å². The van der Waals surface area contributed by atoms with Crippen LogP contribution in [0, 0.1) is 0 Å². The molecular weight excluding hydrogens is 839 g/mol. The Morgan fingerprint density at radius 2 is 0.580 bits per heavy atom. The maximum Gasteiger partial charge on any atom is 0.164 e. The molecule has 13 aromatic rings. The summed E-state index contributed by atoms with van der Waals surface area (Å²) in [5.41, 5.74) is 16.0. The SMILES string of the molecule is c1ccc(-c2ccc(-c3nc(-c4ccc(-c5ccc(-c6ccc(-c7ccc8c(c7)oc7ccccc78)c7ccccc67)c6ccccc56)cc4)nc(-c4ccccc4-c4ccccc4)n3)cc2)cc1. The summed E-state index contributed by atoms with van der Waals surface area (Å²) in [6.45, 7) is 0. The molecule has 0 saturated carbocycles. The van der Waals surface area contributed by atoms with Crippen LogP contribution in [0.25, 0.3) is 133 Å². The highest BCUT2D eigenvalue weighted by atomic mass is 16.3. The monoisotopic (exact) mass is 879 g/mol. The molecule has 0 spiro atoms. The van der Waals surface area contributed by atoms with Gasteiger partial charge in [0.15, 0.2) is 17.5 Å². The molecule has 0 aliphatic rings. The smallest absolute Gasteiger partial charge is 0.164 e. The van der Waals surface area contributed by atoms with E-state index in [0.29, 0.717) is 17.5 Å². The van der Waals surface area contributed by atoms with Crippen LogP contribution in [-0.4, -0.2) is 15.0 Å². The summed E-state index contributed by atoms with van der Waals surface area (Å²) in [7, 11) is 0. The maximum atomic E-state index is 6.31. The van der Waals surface area contributed by atoms with Gasteiger partial charge < -0.3 is 4.42 Å². The summed E-state index contributed by atoms with van der Waals surface area (Å²) in [4.78, 5) is 15.5. The number of para-hydroxylation sites is 1. The molecule has 0 aliphatic carbocycles. The minimum absolute atomic E-state index is 0.615. The van der Waals surface area contributed by atoms with Crippen LogP contribution in [0.4, 0.5) is 0 Å². The van der Waals surface area contributed by atoms with Crippen molar-refractivity contribution < 1.29 is 4.42 Å². The van der Waals surface area contributed by atoms with E-state index in [1.54, 1.807) is 0 Å². The summed E-state index contributed by atoms with van der Waals surface area (Å²) in [5, 5.41) is 7.06. The Kier molecular flexibility index (Phi) is 9.80. The minimum atomic E-state index is 0.615. The number of furan rings is 1. The van der Waals surface area contributed by atoms with E-state index in [1.165, 1.54) is 38.2 Å². The lowest BCUT2D eigenvalue weighted by molar-refractivity contribution is 0.669. The Hall–Kier alpha value is -9.25. The summed E-state index contributed by atoms with van der Waals surface area (Å²) in [6, 6.07) is 87.7. The van der Waals surface area contributed by atoms with Crippen LogP contribution < -0.4 is 0 Å². The second-order valence-electron chi connectivity index (χ2n) is 17.5. The molecule has 0 fully saturated rings. The van der Waals surface area contributed by atoms with E-state index in [1.807, 2.05) is 30.3 Å². The minimum Gasteiger partial charge on any atom is -0.456 e. The van der Waals surface area contributed by atoms with Crippen molar-refractivity contribution >= 4 is 43.5 Å². The zero-order valence-corrected chi connectivity index (χ0v) is 37.4. The number of hydrogen-bond donors (Lipinski definition) is 0. The topological polar surface area (TPSA) is 51.8 Å².